The molecular weight excluding hydrogens is 314 g/mol. The fourth-order valence-electron chi connectivity index (χ4n) is 3.63. The highest BCUT2D eigenvalue weighted by Gasteiger charge is 2.35. The quantitative estimate of drug-likeness (QED) is 0.870. The molecule has 1 aromatic rings. The van der Waals surface area contributed by atoms with Crippen LogP contribution in [-0.2, 0) is 0 Å². The van der Waals surface area contributed by atoms with Crippen LogP contribution in [0.2, 0.25) is 5.02 Å². The Morgan fingerprint density at radius 1 is 1.26 bits per heavy atom. The van der Waals surface area contributed by atoms with Crippen LogP contribution in [0.15, 0.2) is 24.3 Å². The molecule has 2 heterocycles. The van der Waals surface area contributed by atoms with Gasteiger partial charge in [-0.2, -0.15) is 0 Å². The highest BCUT2D eigenvalue weighted by molar-refractivity contribution is 6.30. The Hall–Kier alpha value is -1.30. The predicted molar refractivity (Wildman–Crippen MR) is 90.6 cm³/mol. The fraction of sp³-hybridized carbons (Fsp3) is 0.588. The topological polar surface area (TPSA) is 55.8 Å². The molecule has 2 amide bonds. The molecule has 1 aromatic carbocycles. The number of nitrogens with zero attached hydrogens (tertiary/aromatic N) is 2. The predicted octanol–water partition coefficient (Wildman–Crippen LogP) is 2.25. The van der Waals surface area contributed by atoms with Crippen LogP contribution in [0.3, 0.4) is 0 Å². The summed E-state index contributed by atoms with van der Waals surface area (Å²) in [5.41, 5.74) is 1.17. The lowest BCUT2D eigenvalue weighted by Crippen LogP contribution is -2.50. The number of benzene rings is 1. The van der Waals surface area contributed by atoms with Crippen molar-refractivity contribution in [3.8, 4) is 0 Å². The number of carbonyl (C=O) groups excluding carboxylic acids is 1. The van der Waals surface area contributed by atoms with Gasteiger partial charge in [-0.05, 0) is 44.0 Å². The smallest absolute Gasteiger partial charge is 0.317 e. The van der Waals surface area contributed by atoms with Gasteiger partial charge in [-0.25, -0.2) is 4.79 Å². The summed E-state index contributed by atoms with van der Waals surface area (Å²) in [5.74, 6) is 0. The minimum atomic E-state index is -0.396. The van der Waals surface area contributed by atoms with Gasteiger partial charge in [0.1, 0.15) is 0 Å². The summed E-state index contributed by atoms with van der Waals surface area (Å²) in [7, 11) is 2.08. The maximum Gasteiger partial charge on any atom is 0.317 e. The first-order valence-electron chi connectivity index (χ1n) is 8.24. The number of nitrogens with one attached hydrogen (secondary N) is 1. The van der Waals surface area contributed by atoms with Crippen LogP contribution in [0, 0.1) is 0 Å². The molecular formula is C17H24ClN3O2. The molecule has 0 saturated carbocycles. The SMILES string of the molecule is CN1CCC(NC(=O)N2CCCC(O)C2)C1c1ccc(Cl)cc1. The van der Waals surface area contributed by atoms with Gasteiger partial charge in [0.05, 0.1) is 18.2 Å². The third-order valence-electron chi connectivity index (χ3n) is 4.85. The fourth-order valence-corrected chi connectivity index (χ4v) is 3.76. The summed E-state index contributed by atoms with van der Waals surface area (Å²) in [5, 5.41) is 13.6. The van der Waals surface area contributed by atoms with E-state index in [1.807, 2.05) is 24.3 Å². The van der Waals surface area contributed by atoms with Crippen LogP contribution in [0.1, 0.15) is 30.9 Å². The van der Waals surface area contributed by atoms with E-state index < -0.39 is 6.10 Å². The van der Waals surface area contributed by atoms with E-state index in [0.717, 1.165) is 37.4 Å². The van der Waals surface area contributed by atoms with E-state index in [1.165, 1.54) is 5.56 Å². The number of aliphatic hydroxyl groups excluding tert-OH is 1. The van der Waals surface area contributed by atoms with Crippen molar-refractivity contribution in [3.05, 3.63) is 34.9 Å². The van der Waals surface area contributed by atoms with Gasteiger partial charge >= 0.3 is 6.03 Å². The molecule has 2 aliphatic rings. The molecule has 2 saturated heterocycles. The van der Waals surface area contributed by atoms with E-state index in [0.29, 0.717) is 6.54 Å². The van der Waals surface area contributed by atoms with Gasteiger partial charge in [-0.1, -0.05) is 23.7 Å². The summed E-state index contributed by atoms with van der Waals surface area (Å²) in [4.78, 5) is 16.5. The largest absolute Gasteiger partial charge is 0.391 e. The van der Waals surface area contributed by atoms with Crippen molar-refractivity contribution in [3.63, 3.8) is 0 Å². The van der Waals surface area contributed by atoms with Crippen LogP contribution >= 0.6 is 11.6 Å². The normalized spacial score (nSPS) is 28.8. The van der Waals surface area contributed by atoms with Gasteiger partial charge in [0.2, 0.25) is 0 Å². The average Bonchev–Trinajstić information content (AvgIpc) is 2.89. The molecule has 2 aliphatic heterocycles. The van der Waals surface area contributed by atoms with Crippen LogP contribution < -0.4 is 5.32 Å². The van der Waals surface area contributed by atoms with Crippen LogP contribution in [0.5, 0.6) is 0 Å². The Balaban J connectivity index is 1.68. The van der Waals surface area contributed by atoms with E-state index >= 15 is 0 Å². The number of β-amino-alcohol motifs (C(OH)–C–C–N with tert-alkyl or cyclic N) is 1. The van der Waals surface area contributed by atoms with Crippen molar-refractivity contribution >= 4 is 17.6 Å². The molecule has 0 radical (unpaired) electrons. The number of likely N-dealkylation sites (N-methyl/N-ethyl adjacent to an activating group) is 1. The molecule has 2 fully saturated rings. The molecule has 0 aliphatic carbocycles. The van der Waals surface area contributed by atoms with Crippen molar-refractivity contribution < 1.29 is 9.90 Å². The van der Waals surface area contributed by atoms with Crippen molar-refractivity contribution in [1.29, 1.82) is 0 Å². The lowest BCUT2D eigenvalue weighted by atomic mass is 10.0. The molecule has 3 rings (SSSR count). The number of amides is 2. The zero-order valence-electron chi connectivity index (χ0n) is 13.4. The number of halogens is 1. The lowest BCUT2D eigenvalue weighted by Gasteiger charge is -2.33. The molecule has 0 spiro atoms. The first-order valence-corrected chi connectivity index (χ1v) is 8.61. The van der Waals surface area contributed by atoms with Crippen LogP contribution in [-0.4, -0.2) is 59.8 Å². The Morgan fingerprint density at radius 2 is 2.00 bits per heavy atom. The van der Waals surface area contributed by atoms with E-state index in [1.54, 1.807) is 4.90 Å². The zero-order chi connectivity index (χ0) is 16.4. The second-order valence-corrected chi connectivity index (χ2v) is 7.00. The minimum absolute atomic E-state index is 0.0667. The molecule has 3 unspecified atom stereocenters. The van der Waals surface area contributed by atoms with Gasteiger partial charge < -0.3 is 15.3 Å². The molecule has 2 N–H and O–H groups in total. The summed E-state index contributed by atoms with van der Waals surface area (Å²) in [6.45, 7) is 2.10. The minimum Gasteiger partial charge on any atom is -0.391 e. The first-order chi connectivity index (χ1) is 11.0. The third kappa shape index (κ3) is 3.79. The zero-order valence-corrected chi connectivity index (χ0v) is 14.2. The van der Waals surface area contributed by atoms with Crippen molar-refractivity contribution in [2.45, 2.75) is 37.5 Å². The van der Waals surface area contributed by atoms with E-state index in [-0.39, 0.29) is 18.1 Å². The van der Waals surface area contributed by atoms with Crippen LogP contribution in [0.25, 0.3) is 0 Å². The number of aliphatic hydroxyl groups is 1. The van der Waals surface area contributed by atoms with Gasteiger partial charge in [0.15, 0.2) is 0 Å². The summed E-state index contributed by atoms with van der Waals surface area (Å²) >= 11 is 5.98. The monoisotopic (exact) mass is 337 g/mol. The number of carbonyl (C=O) groups is 1. The van der Waals surface area contributed by atoms with Gasteiger partial charge in [0.25, 0.3) is 0 Å². The van der Waals surface area contributed by atoms with Gasteiger partial charge in [-0.3, -0.25) is 4.90 Å². The lowest BCUT2D eigenvalue weighted by molar-refractivity contribution is 0.0828. The third-order valence-corrected chi connectivity index (χ3v) is 5.10. The number of piperidine rings is 1. The molecule has 5 nitrogen and oxygen atoms in total. The maximum absolute atomic E-state index is 12.5. The molecule has 126 valence electrons. The molecule has 0 aromatic heterocycles. The number of rotatable bonds is 2. The standard InChI is InChI=1S/C17H24ClN3O2/c1-20-10-8-15(16(20)12-4-6-13(18)7-5-12)19-17(23)21-9-2-3-14(22)11-21/h4-7,14-16,22H,2-3,8-11H2,1H3,(H,19,23). The maximum atomic E-state index is 12.5. The Bertz CT molecular complexity index is 551. The number of hydrogen-bond acceptors (Lipinski definition) is 3. The average molecular weight is 338 g/mol. The van der Waals surface area contributed by atoms with Gasteiger partial charge in [0, 0.05) is 24.7 Å². The second kappa shape index (κ2) is 7.07. The highest BCUT2D eigenvalue weighted by atomic mass is 35.5. The van der Waals surface area contributed by atoms with Gasteiger partial charge in [-0.15, -0.1) is 0 Å². The molecule has 6 heteroatoms. The summed E-state index contributed by atoms with van der Waals surface area (Å²) < 4.78 is 0. The van der Waals surface area contributed by atoms with Crippen molar-refractivity contribution in [2.24, 2.45) is 0 Å². The summed E-state index contributed by atoms with van der Waals surface area (Å²) in [6.07, 6.45) is 2.17. The van der Waals surface area contributed by atoms with E-state index in [4.69, 9.17) is 11.6 Å². The number of likely N-dealkylation sites (tertiary alicyclic amines) is 2. The first kappa shape index (κ1) is 16.6. The Morgan fingerprint density at radius 3 is 2.70 bits per heavy atom. The highest BCUT2D eigenvalue weighted by Crippen LogP contribution is 2.31. The van der Waals surface area contributed by atoms with Crippen molar-refractivity contribution in [1.82, 2.24) is 15.1 Å². The van der Waals surface area contributed by atoms with Crippen molar-refractivity contribution in [2.75, 3.05) is 26.7 Å². The molecule has 23 heavy (non-hydrogen) atoms. The Labute approximate surface area is 142 Å². The summed E-state index contributed by atoms with van der Waals surface area (Å²) in [6, 6.07) is 8.00. The second-order valence-electron chi connectivity index (χ2n) is 6.56. The molecule has 0 bridgehead atoms. The van der Waals surface area contributed by atoms with E-state index in [9.17, 15) is 9.90 Å². The molecule has 3 atom stereocenters. The number of urea groups is 1. The number of hydrogen-bond donors (Lipinski definition) is 2. The van der Waals surface area contributed by atoms with Crippen LogP contribution in [0.4, 0.5) is 4.79 Å². The van der Waals surface area contributed by atoms with E-state index in [2.05, 4.69) is 17.3 Å². The Kier molecular flexibility index (Phi) is 5.09.